The molecule has 35 heavy (non-hydrogen) atoms. The third kappa shape index (κ3) is 3.94. The van der Waals surface area contributed by atoms with Crippen molar-refractivity contribution >= 4 is 40.1 Å². The Balaban J connectivity index is 1.71. The number of halogens is 1. The quantitative estimate of drug-likeness (QED) is 0.439. The molecule has 0 aliphatic carbocycles. The summed E-state index contributed by atoms with van der Waals surface area (Å²) < 4.78 is 11.4. The molecule has 1 aliphatic heterocycles. The van der Waals surface area contributed by atoms with Gasteiger partial charge in [-0.3, -0.25) is 19.3 Å². The molecule has 1 atom stereocenters. The largest absolute Gasteiger partial charge is 0.484 e. The van der Waals surface area contributed by atoms with Crippen LogP contribution in [0.5, 0.6) is 5.75 Å². The highest BCUT2D eigenvalue weighted by molar-refractivity contribution is 6.31. The van der Waals surface area contributed by atoms with E-state index in [9.17, 15) is 14.4 Å². The van der Waals surface area contributed by atoms with Gasteiger partial charge < -0.3 is 14.9 Å². The number of nitrogens with zero attached hydrogens (tertiary/aromatic N) is 1. The van der Waals surface area contributed by atoms with Gasteiger partial charge in [0.1, 0.15) is 11.3 Å². The second-order valence-corrected chi connectivity index (χ2v) is 8.92. The molecule has 2 heterocycles. The Hall–Kier alpha value is -4.10. The van der Waals surface area contributed by atoms with Crippen LogP contribution in [0.25, 0.3) is 11.0 Å². The summed E-state index contributed by atoms with van der Waals surface area (Å²) in [7, 11) is 0. The van der Waals surface area contributed by atoms with Crippen LogP contribution >= 0.6 is 11.6 Å². The highest BCUT2D eigenvalue weighted by Gasteiger charge is 2.43. The molecule has 4 aromatic rings. The van der Waals surface area contributed by atoms with E-state index in [0.717, 1.165) is 11.1 Å². The summed E-state index contributed by atoms with van der Waals surface area (Å²) >= 11 is 6.38. The van der Waals surface area contributed by atoms with E-state index in [0.29, 0.717) is 33.0 Å². The Bertz CT molecular complexity index is 1560. The van der Waals surface area contributed by atoms with Crippen molar-refractivity contribution in [2.24, 2.45) is 5.73 Å². The number of nitrogens with two attached hydrogens (primary N) is 1. The molecule has 2 N–H and O–H groups in total. The first kappa shape index (κ1) is 22.7. The lowest BCUT2D eigenvalue weighted by atomic mass is 9.97. The summed E-state index contributed by atoms with van der Waals surface area (Å²) in [4.78, 5) is 39.9. The van der Waals surface area contributed by atoms with Crippen molar-refractivity contribution in [3.63, 3.8) is 0 Å². The van der Waals surface area contributed by atoms with E-state index in [1.165, 1.54) is 4.90 Å². The minimum atomic E-state index is -0.748. The summed E-state index contributed by atoms with van der Waals surface area (Å²) in [5, 5.41) is 0.909. The molecular weight excluding hydrogens is 468 g/mol. The van der Waals surface area contributed by atoms with Crippen LogP contribution in [0.1, 0.15) is 38.9 Å². The number of fused-ring (bicyclic) bond motifs is 2. The van der Waals surface area contributed by atoms with Gasteiger partial charge >= 0.3 is 0 Å². The first-order valence-electron chi connectivity index (χ1n) is 10.9. The van der Waals surface area contributed by atoms with E-state index >= 15 is 0 Å². The highest BCUT2D eigenvalue weighted by Crippen LogP contribution is 2.42. The third-order valence-electron chi connectivity index (χ3n) is 6.04. The summed E-state index contributed by atoms with van der Waals surface area (Å²) in [6, 6.07) is 16.7. The van der Waals surface area contributed by atoms with Crippen LogP contribution in [0, 0.1) is 13.8 Å². The van der Waals surface area contributed by atoms with Crippen molar-refractivity contribution < 1.29 is 18.7 Å². The number of hydrogen-bond donors (Lipinski definition) is 1. The molecule has 7 nitrogen and oxygen atoms in total. The van der Waals surface area contributed by atoms with Gasteiger partial charge in [0.2, 0.25) is 5.76 Å². The van der Waals surface area contributed by atoms with Gasteiger partial charge in [0.15, 0.2) is 12.0 Å². The molecule has 176 valence electrons. The molecule has 3 aromatic carbocycles. The number of hydrogen-bond acceptors (Lipinski definition) is 5. The second-order valence-electron chi connectivity index (χ2n) is 8.51. The summed E-state index contributed by atoms with van der Waals surface area (Å²) in [6.07, 6.45) is 0. The number of carbonyl (C=O) groups is 2. The first-order chi connectivity index (χ1) is 16.7. The zero-order chi connectivity index (χ0) is 24.9. The zero-order valence-electron chi connectivity index (χ0n) is 19.0. The highest BCUT2D eigenvalue weighted by atomic mass is 35.5. The fourth-order valence-electron chi connectivity index (χ4n) is 4.30. The monoisotopic (exact) mass is 488 g/mol. The molecule has 8 heteroatoms. The Kier molecular flexibility index (Phi) is 5.57. The van der Waals surface area contributed by atoms with Gasteiger partial charge in [0.25, 0.3) is 11.8 Å². The summed E-state index contributed by atoms with van der Waals surface area (Å²) in [5.41, 5.74) is 8.47. The number of primary amides is 1. The summed E-state index contributed by atoms with van der Waals surface area (Å²) in [5.74, 6) is -0.588. The normalized spacial score (nSPS) is 14.9. The van der Waals surface area contributed by atoms with Crippen LogP contribution in [-0.4, -0.2) is 18.4 Å². The van der Waals surface area contributed by atoms with E-state index in [1.54, 1.807) is 48.5 Å². The number of anilines is 1. The molecule has 2 amide bonds. The second kappa shape index (κ2) is 8.60. The van der Waals surface area contributed by atoms with E-state index in [4.69, 9.17) is 26.5 Å². The van der Waals surface area contributed by atoms with Crippen LogP contribution in [0.4, 0.5) is 5.69 Å². The Morgan fingerprint density at radius 1 is 1.06 bits per heavy atom. The molecule has 0 fully saturated rings. The number of benzene rings is 3. The van der Waals surface area contributed by atoms with E-state index in [-0.39, 0.29) is 23.4 Å². The predicted molar refractivity (Wildman–Crippen MR) is 133 cm³/mol. The van der Waals surface area contributed by atoms with Crippen molar-refractivity contribution in [1.29, 1.82) is 0 Å². The SMILES string of the molecule is Cc1ccc2oc3c(c(=O)c2c1)C(c1ccc(OCC(N)=O)cc1)N(c1ccc(C)c(Cl)c1)C3=O. The average molecular weight is 489 g/mol. The Morgan fingerprint density at radius 3 is 2.49 bits per heavy atom. The van der Waals surface area contributed by atoms with Crippen molar-refractivity contribution in [2.75, 3.05) is 11.5 Å². The summed E-state index contributed by atoms with van der Waals surface area (Å²) in [6.45, 7) is 3.50. The Labute approximate surface area is 205 Å². The molecule has 1 aliphatic rings. The lowest BCUT2D eigenvalue weighted by Crippen LogP contribution is -2.29. The van der Waals surface area contributed by atoms with Gasteiger partial charge in [0.05, 0.1) is 17.0 Å². The predicted octanol–water partition coefficient (Wildman–Crippen LogP) is 4.68. The third-order valence-corrected chi connectivity index (χ3v) is 6.44. The van der Waals surface area contributed by atoms with Crippen molar-refractivity contribution in [2.45, 2.75) is 19.9 Å². The van der Waals surface area contributed by atoms with E-state index in [1.807, 2.05) is 26.0 Å². The topological polar surface area (TPSA) is 103 Å². The van der Waals surface area contributed by atoms with Gasteiger partial charge in [-0.25, -0.2) is 0 Å². The minimum Gasteiger partial charge on any atom is -0.484 e. The van der Waals surface area contributed by atoms with Gasteiger partial charge in [0, 0.05) is 10.7 Å². The number of rotatable bonds is 5. The van der Waals surface area contributed by atoms with Crippen molar-refractivity contribution in [1.82, 2.24) is 0 Å². The Morgan fingerprint density at radius 2 is 1.80 bits per heavy atom. The molecule has 0 saturated carbocycles. The lowest BCUT2D eigenvalue weighted by Gasteiger charge is -2.25. The van der Waals surface area contributed by atoms with Gasteiger partial charge in [-0.05, 0) is 61.4 Å². The maximum absolute atomic E-state index is 13.7. The smallest absolute Gasteiger partial charge is 0.295 e. The molecular formula is C27H21ClN2O5. The molecule has 0 spiro atoms. The fourth-order valence-corrected chi connectivity index (χ4v) is 4.48. The number of carbonyl (C=O) groups excluding carboxylic acids is 2. The van der Waals surface area contributed by atoms with E-state index < -0.39 is 17.9 Å². The van der Waals surface area contributed by atoms with Crippen molar-refractivity contribution in [3.05, 3.63) is 104 Å². The van der Waals surface area contributed by atoms with Gasteiger partial charge in [-0.2, -0.15) is 0 Å². The minimum absolute atomic E-state index is 0.00195. The van der Waals surface area contributed by atoms with Crippen molar-refractivity contribution in [3.8, 4) is 5.75 Å². The molecule has 5 rings (SSSR count). The van der Waals surface area contributed by atoms with Gasteiger partial charge in [-0.15, -0.1) is 0 Å². The molecule has 0 bridgehead atoms. The number of aryl methyl sites for hydroxylation is 2. The maximum Gasteiger partial charge on any atom is 0.295 e. The van der Waals surface area contributed by atoms with Gasteiger partial charge in [-0.1, -0.05) is 41.4 Å². The lowest BCUT2D eigenvalue weighted by molar-refractivity contribution is -0.119. The average Bonchev–Trinajstić information content (AvgIpc) is 3.13. The molecule has 1 unspecified atom stereocenters. The molecule has 0 saturated heterocycles. The van der Waals surface area contributed by atoms with Crippen LogP contribution in [-0.2, 0) is 4.79 Å². The fraction of sp³-hybridized carbons (Fsp3) is 0.148. The maximum atomic E-state index is 13.7. The molecule has 0 radical (unpaired) electrons. The van der Waals surface area contributed by atoms with Crippen LogP contribution < -0.4 is 20.8 Å². The van der Waals surface area contributed by atoms with Crippen LogP contribution in [0.15, 0.2) is 69.9 Å². The zero-order valence-corrected chi connectivity index (χ0v) is 19.8. The first-order valence-corrected chi connectivity index (χ1v) is 11.3. The van der Waals surface area contributed by atoms with Crippen LogP contribution in [0.3, 0.4) is 0 Å². The standard InChI is InChI=1S/C27H21ClN2O5/c1-14-3-10-21-19(11-14)25(32)23-24(16-5-8-18(9-6-16)34-13-22(29)31)30(27(33)26(23)35-21)17-7-4-15(2)20(28)12-17/h3-12,24H,13H2,1-2H3,(H2,29,31). The van der Waals surface area contributed by atoms with Crippen LogP contribution in [0.2, 0.25) is 5.02 Å². The number of ether oxygens (including phenoxy) is 1. The molecule has 1 aromatic heterocycles. The van der Waals surface area contributed by atoms with E-state index in [2.05, 4.69) is 0 Å². The number of amides is 2.